The van der Waals surface area contributed by atoms with Crippen LogP contribution in [0.15, 0.2) is 48.5 Å². The Hall–Kier alpha value is -2.56. The molecule has 0 spiro atoms. The number of anilines is 2. The van der Waals surface area contributed by atoms with Crippen molar-refractivity contribution in [2.75, 3.05) is 11.1 Å². The standard InChI is InChI=1S/C15H15FN2O2/c1-10(20-14-9-5-3-7-12(14)17)15(19)18-13-8-4-2-6-11(13)16/h2-10H,17H2,1H3,(H,18,19). The topological polar surface area (TPSA) is 64.3 Å². The minimum absolute atomic E-state index is 0.119. The first kappa shape index (κ1) is 13.9. The molecule has 0 aromatic heterocycles. The number of nitrogens with two attached hydrogens (primary N) is 1. The van der Waals surface area contributed by atoms with Crippen LogP contribution < -0.4 is 15.8 Å². The van der Waals surface area contributed by atoms with Gasteiger partial charge in [0.05, 0.1) is 11.4 Å². The number of halogens is 1. The van der Waals surface area contributed by atoms with Gasteiger partial charge >= 0.3 is 0 Å². The average molecular weight is 274 g/mol. The maximum atomic E-state index is 13.4. The molecule has 2 aromatic carbocycles. The Labute approximate surface area is 116 Å². The molecule has 4 nitrogen and oxygen atoms in total. The molecule has 0 radical (unpaired) electrons. The maximum Gasteiger partial charge on any atom is 0.265 e. The molecule has 0 aliphatic carbocycles. The van der Waals surface area contributed by atoms with Crippen molar-refractivity contribution in [2.24, 2.45) is 0 Å². The van der Waals surface area contributed by atoms with E-state index in [0.717, 1.165) is 0 Å². The Kier molecular flexibility index (Phi) is 4.20. The van der Waals surface area contributed by atoms with Crippen molar-refractivity contribution in [2.45, 2.75) is 13.0 Å². The summed E-state index contributed by atoms with van der Waals surface area (Å²) in [4.78, 5) is 11.9. The zero-order valence-corrected chi connectivity index (χ0v) is 11.0. The van der Waals surface area contributed by atoms with Crippen LogP contribution in [0.4, 0.5) is 15.8 Å². The van der Waals surface area contributed by atoms with Crippen molar-refractivity contribution < 1.29 is 13.9 Å². The normalized spacial score (nSPS) is 11.7. The van der Waals surface area contributed by atoms with Crippen molar-refractivity contribution in [1.29, 1.82) is 0 Å². The van der Waals surface area contributed by atoms with Gasteiger partial charge in [0.15, 0.2) is 6.10 Å². The lowest BCUT2D eigenvalue weighted by atomic mass is 10.2. The summed E-state index contributed by atoms with van der Waals surface area (Å²) in [5, 5.41) is 2.47. The summed E-state index contributed by atoms with van der Waals surface area (Å²) in [5.41, 5.74) is 6.29. The number of benzene rings is 2. The molecule has 1 amide bonds. The van der Waals surface area contributed by atoms with Crippen LogP contribution in [0.2, 0.25) is 0 Å². The fourth-order valence-corrected chi connectivity index (χ4v) is 1.63. The molecule has 1 atom stereocenters. The third kappa shape index (κ3) is 3.26. The van der Waals surface area contributed by atoms with Gasteiger partial charge in [-0.15, -0.1) is 0 Å². The van der Waals surface area contributed by atoms with Gasteiger partial charge in [0, 0.05) is 0 Å². The zero-order valence-electron chi connectivity index (χ0n) is 11.0. The lowest BCUT2D eigenvalue weighted by Gasteiger charge is -2.16. The van der Waals surface area contributed by atoms with Crippen LogP contribution in [0.25, 0.3) is 0 Å². The van der Waals surface area contributed by atoms with Gasteiger partial charge in [-0.05, 0) is 31.2 Å². The van der Waals surface area contributed by atoms with Gasteiger partial charge in [-0.3, -0.25) is 4.79 Å². The van der Waals surface area contributed by atoms with Crippen molar-refractivity contribution in [3.63, 3.8) is 0 Å². The number of nitrogen functional groups attached to an aromatic ring is 1. The molecule has 0 bridgehead atoms. The lowest BCUT2D eigenvalue weighted by molar-refractivity contribution is -0.122. The van der Waals surface area contributed by atoms with Gasteiger partial charge in [0.1, 0.15) is 11.6 Å². The highest BCUT2D eigenvalue weighted by Crippen LogP contribution is 2.21. The van der Waals surface area contributed by atoms with Crippen LogP contribution in [0, 0.1) is 5.82 Å². The predicted octanol–water partition coefficient (Wildman–Crippen LogP) is 2.81. The Morgan fingerprint density at radius 1 is 1.20 bits per heavy atom. The van der Waals surface area contributed by atoms with Crippen LogP contribution >= 0.6 is 0 Å². The molecule has 0 aliphatic rings. The molecule has 3 N–H and O–H groups in total. The highest BCUT2D eigenvalue weighted by atomic mass is 19.1. The number of ether oxygens (including phenoxy) is 1. The largest absolute Gasteiger partial charge is 0.479 e. The molecule has 0 fully saturated rings. The number of para-hydroxylation sites is 3. The Balaban J connectivity index is 2.03. The zero-order chi connectivity index (χ0) is 14.5. The molecule has 0 heterocycles. The summed E-state index contributed by atoms with van der Waals surface area (Å²) in [6.45, 7) is 1.57. The van der Waals surface area contributed by atoms with E-state index in [4.69, 9.17) is 10.5 Å². The number of carbonyl (C=O) groups excluding carboxylic acids is 1. The van der Waals surface area contributed by atoms with Crippen LogP contribution in [-0.4, -0.2) is 12.0 Å². The quantitative estimate of drug-likeness (QED) is 0.843. The maximum absolute atomic E-state index is 13.4. The molecule has 2 aromatic rings. The molecule has 0 saturated carbocycles. The molecule has 5 heteroatoms. The van der Waals surface area contributed by atoms with Crippen LogP contribution in [0.5, 0.6) is 5.75 Å². The highest BCUT2D eigenvalue weighted by Gasteiger charge is 2.17. The summed E-state index contributed by atoms with van der Waals surface area (Å²) in [5.74, 6) is -0.519. The van der Waals surface area contributed by atoms with Gasteiger partial charge in [0.2, 0.25) is 0 Å². The smallest absolute Gasteiger partial charge is 0.265 e. The number of carbonyl (C=O) groups is 1. The molecule has 104 valence electrons. The molecule has 1 unspecified atom stereocenters. The van der Waals surface area contributed by atoms with Gasteiger partial charge in [-0.1, -0.05) is 24.3 Å². The van der Waals surface area contributed by atoms with Crippen LogP contribution in [-0.2, 0) is 4.79 Å². The van der Waals surface area contributed by atoms with Gasteiger partial charge < -0.3 is 15.8 Å². The minimum atomic E-state index is -0.792. The van der Waals surface area contributed by atoms with E-state index in [9.17, 15) is 9.18 Å². The molecular formula is C15H15FN2O2. The first-order chi connectivity index (χ1) is 9.58. The predicted molar refractivity (Wildman–Crippen MR) is 76.0 cm³/mol. The van der Waals surface area contributed by atoms with Gasteiger partial charge in [-0.25, -0.2) is 4.39 Å². The van der Waals surface area contributed by atoms with E-state index in [1.54, 1.807) is 43.3 Å². The van der Waals surface area contributed by atoms with Crippen LogP contribution in [0.1, 0.15) is 6.92 Å². The molecule has 2 rings (SSSR count). The summed E-state index contributed by atoms with van der Waals surface area (Å²) in [6.07, 6.45) is -0.792. The Morgan fingerprint density at radius 2 is 1.85 bits per heavy atom. The van der Waals surface area contributed by atoms with Crippen molar-refractivity contribution >= 4 is 17.3 Å². The summed E-state index contributed by atoms with van der Waals surface area (Å²) < 4.78 is 18.9. The fraction of sp³-hybridized carbons (Fsp3) is 0.133. The molecule has 20 heavy (non-hydrogen) atoms. The second-order valence-electron chi connectivity index (χ2n) is 4.27. The molecule has 0 aliphatic heterocycles. The van der Waals surface area contributed by atoms with Gasteiger partial charge in [0.25, 0.3) is 5.91 Å². The number of hydrogen-bond donors (Lipinski definition) is 2. The lowest BCUT2D eigenvalue weighted by Crippen LogP contribution is -2.30. The number of amides is 1. The second kappa shape index (κ2) is 6.06. The van der Waals surface area contributed by atoms with Crippen molar-refractivity contribution in [1.82, 2.24) is 0 Å². The highest BCUT2D eigenvalue weighted by molar-refractivity contribution is 5.94. The second-order valence-corrected chi connectivity index (χ2v) is 4.27. The first-order valence-corrected chi connectivity index (χ1v) is 6.14. The minimum Gasteiger partial charge on any atom is -0.479 e. The molecular weight excluding hydrogens is 259 g/mol. The number of rotatable bonds is 4. The SMILES string of the molecule is CC(Oc1ccccc1N)C(=O)Nc1ccccc1F. The first-order valence-electron chi connectivity index (χ1n) is 6.14. The number of hydrogen-bond acceptors (Lipinski definition) is 3. The van der Waals surface area contributed by atoms with Crippen LogP contribution in [0.3, 0.4) is 0 Å². The van der Waals surface area contributed by atoms with Crippen molar-refractivity contribution in [3.05, 3.63) is 54.3 Å². The van der Waals surface area contributed by atoms with E-state index in [2.05, 4.69) is 5.32 Å². The monoisotopic (exact) mass is 274 g/mol. The number of nitrogens with one attached hydrogen (secondary N) is 1. The van der Waals surface area contributed by atoms with Crippen molar-refractivity contribution in [3.8, 4) is 5.75 Å². The summed E-state index contributed by atoms with van der Waals surface area (Å²) in [7, 11) is 0. The fourth-order valence-electron chi connectivity index (χ4n) is 1.63. The van der Waals surface area contributed by atoms with E-state index in [1.165, 1.54) is 12.1 Å². The van der Waals surface area contributed by atoms with E-state index in [0.29, 0.717) is 11.4 Å². The molecule has 0 saturated heterocycles. The third-order valence-electron chi connectivity index (χ3n) is 2.72. The summed E-state index contributed by atoms with van der Waals surface area (Å²) >= 11 is 0. The van der Waals surface area contributed by atoms with E-state index in [1.807, 2.05) is 0 Å². The third-order valence-corrected chi connectivity index (χ3v) is 2.72. The summed E-state index contributed by atoms with van der Waals surface area (Å²) in [6, 6.07) is 12.8. The van der Waals surface area contributed by atoms with Gasteiger partial charge in [-0.2, -0.15) is 0 Å². The van der Waals surface area contributed by atoms with E-state index in [-0.39, 0.29) is 5.69 Å². The Morgan fingerprint density at radius 3 is 2.55 bits per heavy atom. The van der Waals surface area contributed by atoms with E-state index < -0.39 is 17.8 Å². The Bertz CT molecular complexity index is 616. The average Bonchev–Trinajstić information content (AvgIpc) is 2.43. The van der Waals surface area contributed by atoms with E-state index >= 15 is 0 Å².